The van der Waals surface area contributed by atoms with Crippen LogP contribution < -0.4 is 10.2 Å². The molecule has 0 radical (unpaired) electrons. The molecule has 0 atom stereocenters. The molecular weight excluding hydrogens is 452 g/mol. The van der Waals surface area contributed by atoms with Crippen molar-refractivity contribution in [3.63, 3.8) is 0 Å². The van der Waals surface area contributed by atoms with Crippen LogP contribution in [-0.2, 0) is 9.53 Å². The van der Waals surface area contributed by atoms with Gasteiger partial charge in [0.15, 0.2) is 0 Å². The molecule has 1 saturated carbocycles. The molecule has 0 spiro atoms. The molecular formula is C28H32N6O2. The van der Waals surface area contributed by atoms with Crippen LogP contribution >= 0.6 is 0 Å². The minimum absolute atomic E-state index is 0.0730. The summed E-state index contributed by atoms with van der Waals surface area (Å²) < 4.78 is 5.24. The molecule has 0 bridgehead atoms. The Bertz CT molecular complexity index is 1270. The minimum atomic E-state index is -0.110. The Labute approximate surface area is 211 Å². The molecule has 1 saturated heterocycles. The average molecular weight is 485 g/mol. The van der Waals surface area contributed by atoms with Crippen LogP contribution in [0.5, 0.6) is 0 Å². The van der Waals surface area contributed by atoms with Crippen LogP contribution in [0.3, 0.4) is 0 Å². The lowest BCUT2D eigenvalue weighted by Crippen LogP contribution is -2.37. The van der Waals surface area contributed by atoms with E-state index < -0.39 is 0 Å². The van der Waals surface area contributed by atoms with E-state index in [0.717, 1.165) is 59.3 Å². The highest BCUT2D eigenvalue weighted by Crippen LogP contribution is 2.34. The molecule has 3 aromatic heterocycles. The molecule has 2 fully saturated rings. The summed E-state index contributed by atoms with van der Waals surface area (Å²) in [4.78, 5) is 28.4. The van der Waals surface area contributed by atoms with E-state index in [2.05, 4.69) is 26.3 Å². The van der Waals surface area contributed by atoms with Crippen molar-refractivity contribution in [3.05, 3.63) is 42.4 Å². The van der Waals surface area contributed by atoms with Gasteiger partial charge in [-0.25, -0.2) is 9.97 Å². The van der Waals surface area contributed by atoms with Crippen LogP contribution in [0.25, 0.3) is 22.0 Å². The Morgan fingerprint density at radius 2 is 1.97 bits per heavy atom. The maximum absolute atomic E-state index is 12.2. The lowest BCUT2D eigenvalue weighted by molar-refractivity contribution is -0.148. The van der Waals surface area contributed by atoms with Crippen LogP contribution in [0.1, 0.15) is 57.4 Å². The lowest BCUT2D eigenvalue weighted by atomic mass is 9.95. The Hall–Kier alpha value is -3.73. The number of esters is 1. The standard InChI is InChI=1S/C28H32N6O2/c1-2-36-28(35)19-9-12-34(13-10-19)27-23-8-11-30-17-20(23)14-25(33-27)24-15-26(31-18-21(24)16-29)32-22-6-4-3-5-7-22/h8,11,14-15,17-19,22H,2-7,9-10,12-13H2,1H3,(H,31,32). The summed E-state index contributed by atoms with van der Waals surface area (Å²) in [7, 11) is 0. The van der Waals surface area contributed by atoms with Crippen molar-refractivity contribution in [1.29, 1.82) is 5.26 Å². The van der Waals surface area contributed by atoms with E-state index in [1.165, 1.54) is 19.3 Å². The summed E-state index contributed by atoms with van der Waals surface area (Å²) >= 11 is 0. The molecule has 1 aliphatic carbocycles. The minimum Gasteiger partial charge on any atom is -0.466 e. The Morgan fingerprint density at radius 3 is 2.72 bits per heavy atom. The van der Waals surface area contributed by atoms with E-state index in [-0.39, 0.29) is 11.9 Å². The summed E-state index contributed by atoms with van der Waals surface area (Å²) in [5.74, 6) is 1.45. The SMILES string of the molecule is CCOC(=O)C1CCN(c2nc(-c3cc(NC4CCCCC4)ncc3C#N)cc3cnccc23)CC1. The van der Waals surface area contributed by atoms with Gasteiger partial charge in [-0.2, -0.15) is 5.26 Å². The number of hydrogen-bond donors (Lipinski definition) is 1. The van der Waals surface area contributed by atoms with E-state index in [1.54, 1.807) is 12.4 Å². The number of aromatic nitrogens is 3. The van der Waals surface area contributed by atoms with Gasteiger partial charge in [0, 0.05) is 54.1 Å². The zero-order chi connectivity index (χ0) is 24.9. The zero-order valence-corrected chi connectivity index (χ0v) is 20.7. The number of piperidine rings is 1. The van der Waals surface area contributed by atoms with Gasteiger partial charge in [0.25, 0.3) is 0 Å². The van der Waals surface area contributed by atoms with E-state index >= 15 is 0 Å². The fourth-order valence-corrected chi connectivity index (χ4v) is 5.34. The zero-order valence-electron chi connectivity index (χ0n) is 20.7. The fraction of sp³-hybridized carbons (Fsp3) is 0.464. The number of rotatable bonds is 6. The summed E-state index contributed by atoms with van der Waals surface area (Å²) in [6.07, 6.45) is 12.7. The first-order valence-corrected chi connectivity index (χ1v) is 13.0. The van der Waals surface area contributed by atoms with Crippen molar-refractivity contribution in [2.24, 2.45) is 5.92 Å². The first-order valence-electron chi connectivity index (χ1n) is 13.0. The van der Waals surface area contributed by atoms with Gasteiger partial charge in [-0.15, -0.1) is 0 Å². The van der Waals surface area contributed by atoms with Gasteiger partial charge in [0.1, 0.15) is 17.7 Å². The van der Waals surface area contributed by atoms with Gasteiger partial charge >= 0.3 is 5.97 Å². The Kier molecular flexibility index (Phi) is 7.26. The monoisotopic (exact) mass is 484 g/mol. The van der Waals surface area contributed by atoms with Crippen molar-refractivity contribution in [2.75, 3.05) is 29.9 Å². The van der Waals surface area contributed by atoms with E-state index in [4.69, 9.17) is 9.72 Å². The van der Waals surface area contributed by atoms with E-state index in [9.17, 15) is 10.1 Å². The molecule has 4 heterocycles. The normalized spacial score (nSPS) is 17.1. The number of hydrogen-bond acceptors (Lipinski definition) is 8. The maximum atomic E-state index is 12.2. The molecule has 2 aliphatic rings. The quantitative estimate of drug-likeness (QED) is 0.483. The number of nitrogens with zero attached hydrogens (tertiary/aromatic N) is 5. The van der Waals surface area contributed by atoms with Gasteiger partial charge in [-0.1, -0.05) is 19.3 Å². The average Bonchev–Trinajstić information content (AvgIpc) is 2.93. The molecule has 36 heavy (non-hydrogen) atoms. The highest BCUT2D eigenvalue weighted by molar-refractivity contribution is 5.95. The summed E-state index contributed by atoms with van der Waals surface area (Å²) in [5.41, 5.74) is 1.98. The van der Waals surface area contributed by atoms with Crippen LogP contribution in [0.4, 0.5) is 11.6 Å². The lowest BCUT2D eigenvalue weighted by Gasteiger charge is -2.32. The Morgan fingerprint density at radius 1 is 1.17 bits per heavy atom. The van der Waals surface area contributed by atoms with Crippen LogP contribution in [0, 0.1) is 17.2 Å². The molecule has 8 nitrogen and oxygen atoms in total. The second kappa shape index (κ2) is 10.9. The van der Waals surface area contributed by atoms with Crippen molar-refractivity contribution in [3.8, 4) is 17.3 Å². The Balaban J connectivity index is 1.48. The molecule has 0 amide bonds. The molecule has 186 valence electrons. The van der Waals surface area contributed by atoms with Gasteiger partial charge in [0.05, 0.1) is 23.8 Å². The topological polar surface area (TPSA) is 104 Å². The van der Waals surface area contributed by atoms with Gasteiger partial charge in [0.2, 0.25) is 0 Å². The summed E-state index contributed by atoms with van der Waals surface area (Å²) in [6, 6.07) is 8.63. The predicted molar refractivity (Wildman–Crippen MR) is 140 cm³/mol. The number of pyridine rings is 3. The second-order valence-corrected chi connectivity index (χ2v) is 9.65. The first-order chi connectivity index (χ1) is 17.7. The van der Waals surface area contributed by atoms with Gasteiger partial charge in [-0.05, 0) is 50.8 Å². The molecule has 1 aliphatic heterocycles. The molecule has 8 heteroatoms. The van der Waals surface area contributed by atoms with Crippen LogP contribution in [0.2, 0.25) is 0 Å². The van der Waals surface area contributed by atoms with Gasteiger partial charge in [-0.3, -0.25) is 9.78 Å². The number of fused-ring (bicyclic) bond motifs is 1. The third kappa shape index (κ3) is 5.11. The van der Waals surface area contributed by atoms with Crippen molar-refractivity contribution >= 4 is 28.4 Å². The molecule has 3 aromatic rings. The van der Waals surface area contributed by atoms with Crippen LogP contribution in [-0.4, -0.2) is 46.7 Å². The number of ether oxygens (including phenoxy) is 1. The largest absolute Gasteiger partial charge is 0.466 e. The third-order valence-electron chi connectivity index (χ3n) is 7.28. The van der Waals surface area contributed by atoms with E-state index in [1.807, 2.05) is 31.3 Å². The smallest absolute Gasteiger partial charge is 0.309 e. The van der Waals surface area contributed by atoms with Crippen molar-refractivity contribution in [1.82, 2.24) is 15.0 Å². The fourth-order valence-electron chi connectivity index (χ4n) is 5.34. The number of nitrogens with one attached hydrogen (secondary N) is 1. The highest BCUT2D eigenvalue weighted by Gasteiger charge is 2.28. The van der Waals surface area contributed by atoms with E-state index in [0.29, 0.717) is 31.3 Å². The number of nitriles is 1. The number of carbonyl (C=O) groups excluding carboxylic acids is 1. The second-order valence-electron chi connectivity index (χ2n) is 9.65. The molecule has 5 rings (SSSR count). The molecule has 1 N–H and O–H groups in total. The predicted octanol–water partition coefficient (Wildman–Crippen LogP) is 5.09. The van der Waals surface area contributed by atoms with Crippen molar-refractivity contribution in [2.45, 2.75) is 57.9 Å². The van der Waals surface area contributed by atoms with Gasteiger partial charge < -0.3 is 15.0 Å². The van der Waals surface area contributed by atoms with Crippen LogP contribution in [0.15, 0.2) is 36.8 Å². The number of carbonyl (C=O) groups is 1. The summed E-state index contributed by atoms with van der Waals surface area (Å²) in [6.45, 7) is 3.68. The van der Waals surface area contributed by atoms with Crippen molar-refractivity contribution < 1.29 is 9.53 Å². The highest BCUT2D eigenvalue weighted by atomic mass is 16.5. The maximum Gasteiger partial charge on any atom is 0.309 e. The molecule has 0 aromatic carbocycles. The molecule has 0 unspecified atom stereocenters. The summed E-state index contributed by atoms with van der Waals surface area (Å²) in [5, 5.41) is 15.4. The first kappa shape index (κ1) is 24.0. The number of anilines is 2. The third-order valence-corrected chi connectivity index (χ3v) is 7.28.